The van der Waals surface area contributed by atoms with E-state index in [1.807, 2.05) is 0 Å². The largest absolute Gasteiger partial charge is 0.492 e. The Balaban J connectivity index is 2.48. The molecule has 1 aromatic carbocycles. The highest BCUT2D eigenvalue weighted by Gasteiger charge is 2.03. The third-order valence-corrected chi connectivity index (χ3v) is 2.77. The Bertz CT molecular complexity index is 434. The zero-order valence-electron chi connectivity index (χ0n) is 11.5. The lowest BCUT2D eigenvalue weighted by atomic mass is 10.1. The molecule has 0 amide bonds. The van der Waals surface area contributed by atoms with E-state index in [0.29, 0.717) is 17.9 Å². The van der Waals surface area contributed by atoms with E-state index in [1.165, 1.54) is 37.8 Å². The average molecular weight is 263 g/mol. The summed E-state index contributed by atoms with van der Waals surface area (Å²) in [5.74, 6) is 5.88. The standard InChI is InChI=1S/C16H22FNO/c1-2-3-4-5-6-12-19-16-10-9-15(17)13-14(16)8-7-11-18/h9-10,13H,2-6,11-12,18H2,1H3. The predicted octanol–water partition coefficient (Wildman–Crippen LogP) is 3.49. The van der Waals surface area contributed by atoms with Crippen molar-refractivity contribution in [2.75, 3.05) is 13.2 Å². The zero-order valence-corrected chi connectivity index (χ0v) is 11.5. The Kier molecular flexibility index (Phi) is 7.69. The van der Waals surface area contributed by atoms with Gasteiger partial charge in [-0.1, -0.05) is 44.4 Å². The summed E-state index contributed by atoms with van der Waals surface area (Å²) in [5.41, 5.74) is 5.89. The number of halogens is 1. The van der Waals surface area contributed by atoms with Crippen LogP contribution >= 0.6 is 0 Å². The molecule has 2 nitrogen and oxygen atoms in total. The van der Waals surface area contributed by atoms with Crippen LogP contribution in [0.25, 0.3) is 0 Å². The lowest BCUT2D eigenvalue weighted by Crippen LogP contribution is -2.00. The maximum atomic E-state index is 13.1. The van der Waals surface area contributed by atoms with Crippen molar-refractivity contribution < 1.29 is 9.13 Å². The van der Waals surface area contributed by atoms with E-state index >= 15 is 0 Å². The van der Waals surface area contributed by atoms with Crippen molar-refractivity contribution in [3.8, 4) is 17.6 Å². The number of ether oxygens (including phenoxy) is 1. The molecule has 0 heterocycles. The van der Waals surface area contributed by atoms with Crippen LogP contribution in [0.1, 0.15) is 44.6 Å². The van der Waals surface area contributed by atoms with Gasteiger partial charge in [-0.15, -0.1) is 0 Å². The van der Waals surface area contributed by atoms with Crippen LogP contribution in [-0.2, 0) is 0 Å². The summed E-state index contributed by atoms with van der Waals surface area (Å²) >= 11 is 0. The van der Waals surface area contributed by atoms with Crippen molar-refractivity contribution in [2.24, 2.45) is 5.73 Å². The van der Waals surface area contributed by atoms with E-state index in [-0.39, 0.29) is 12.4 Å². The topological polar surface area (TPSA) is 35.2 Å². The van der Waals surface area contributed by atoms with E-state index in [2.05, 4.69) is 18.8 Å². The molecule has 104 valence electrons. The molecule has 0 saturated carbocycles. The van der Waals surface area contributed by atoms with Crippen molar-refractivity contribution in [3.63, 3.8) is 0 Å². The highest BCUT2D eigenvalue weighted by molar-refractivity contribution is 5.46. The van der Waals surface area contributed by atoms with Crippen LogP contribution in [-0.4, -0.2) is 13.2 Å². The molecular formula is C16H22FNO. The molecule has 0 spiro atoms. The van der Waals surface area contributed by atoms with Gasteiger partial charge in [0.2, 0.25) is 0 Å². The molecule has 0 radical (unpaired) electrons. The lowest BCUT2D eigenvalue weighted by molar-refractivity contribution is 0.303. The van der Waals surface area contributed by atoms with Gasteiger partial charge in [-0.2, -0.15) is 0 Å². The number of rotatable bonds is 7. The van der Waals surface area contributed by atoms with Gasteiger partial charge in [0.25, 0.3) is 0 Å². The molecule has 0 aromatic heterocycles. The van der Waals surface area contributed by atoms with Crippen LogP contribution in [0.15, 0.2) is 18.2 Å². The molecule has 0 aliphatic rings. The van der Waals surface area contributed by atoms with E-state index in [4.69, 9.17) is 10.5 Å². The third-order valence-electron chi connectivity index (χ3n) is 2.77. The van der Waals surface area contributed by atoms with Gasteiger partial charge in [-0.25, -0.2) is 4.39 Å². The van der Waals surface area contributed by atoms with Gasteiger partial charge in [-0.3, -0.25) is 0 Å². The molecule has 0 aliphatic heterocycles. The third kappa shape index (κ3) is 6.26. The van der Waals surface area contributed by atoms with Crippen LogP contribution in [0.2, 0.25) is 0 Å². The molecule has 1 aromatic rings. The maximum absolute atomic E-state index is 13.1. The van der Waals surface area contributed by atoms with E-state index in [1.54, 1.807) is 6.07 Å². The summed E-state index contributed by atoms with van der Waals surface area (Å²) < 4.78 is 18.8. The summed E-state index contributed by atoms with van der Waals surface area (Å²) in [7, 11) is 0. The van der Waals surface area contributed by atoms with Crippen LogP contribution in [0.3, 0.4) is 0 Å². The minimum atomic E-state index is -0.309. The Morgan fingerprint density at radius 1 is 1.21 bits per heavy atom. The summed E-state index contributed by atoms with van der Waals surface area (Å²) in [6.07, 6.45) is 5.92. The second-order valence-corrected chi connectivity index (χ2v) is 4.41. The molecule has 0 saturated heterocycles. The van der Waals surface area contributed by atoms with Gasteiger partial charge in [0, 0.05) is 0 Å². The predicted molar refractivity (Wildman–Crippen MR) is 76.6 cm³/mol. The molecule has 0 fully saturated rings. The molecule has 2 N–H and O–H groups in total. The van der Waals surface area contributed by atoms with Crippen molar-refractivity contribution in [1.29, 1.82) is 0 Å². The van der Waals surface area contributed by atoms with E-state index < -0.39 is 0 Å². The number of nitrogens with two attached hydrogens (primary N) is 1. The Morgan fingerprint density at radius 2 is 2.00 bits per heavy atom. The minimum absolute atomic E-state index is 0.257. The first-order valence-electron chi connectivity index (χ1n) is 6.89. The van der Waals surface area contributed by atoms with Gasteiger partial charge < -0.3 is 10.5 Å². The SMILES string of the molecule is CCCCCCCOc1ccc(F)cc1C#CCN. The van der Waals surface area contributed by atoms with Crippen molar-refractivity contribution in [2.45, 2.75) is 39.0 Å². The first-order valence-corrected chi connectivity index (χ1v) is 6.89. The average Bonchev–Trinajstić information content (AvgIpc) is 2.42. The molecule has 0 atom stereocenters. The first kappa shape index (κ1) is 15.5. The summed E-state index contributed by atoms with van der Waals surface area (Å²) in [6, 6.07) is 4.40. The number of benzene rings is 1. The molecule has 0 bridgehead atoms. The first-order chi connectivity index (χ1) is 9.27. The highest BCUT2D eigenvalue weighted by Crippen LogP contribution is 2.19. The molecule has 19 heavy (non-hydrogen) atoms. The smallest absolute Gasteiger partial charge is 0.135 e. The molecule has 0 unspecified atom stereocenters. The Morgan fingerprint density at radius 3 is 2.74 bits per heavy atom. The van der Waals surface area contributed by atoms with Crippen molar-refractivity contribution in [3.05, 3.63) is 29.6 Å². The fourth-order valence-corrected chi connectivity index (χ4v) is 1.76. The van der Waals surface area contributed by atoms with Gasteiger partial charge in [0.05, 0.1) is 18.7 Å². The van der Waals surface area contributed by atoms with Gasteiger partial charge in [0.15, 0.2) is 0 Å². The fourth-order valence-electron chi connectivity index (χ4n) is 1.76. The van der Waals surface area contributed by atoms with Crippen LogP contribution in [0.4, 0.5) is 4.39 Å². The van der Waals surface area contributed by atoms with Crippen molar-refractivity contribution >= 4 is 0 Å². The molecule has 0 aliphatic carbocycles. The summed E-state index contributed by atoms with van der Waals surface area (Å²) in [5, 5.41) is 0. The van der Waals surface area contributed by atoms with Crippen LogP contribution in [0, 0.1) is 17.7 Å². The number of hydrogen-bond donors (Lipinski definition) is 1. The summed E-state index contributed by atoms with van der Waals surface area (Å²) in [6.45, 7) is 3.09. The molecule has 1 rings (SSSR count). The lowest BCUT2D eigenvalue weighted by Gasteiger charge is -2.08. The number of unbranched alkanes of at least 4 members (excludes halogenated alkanes) is 4. The van der Waals surface area contributed by atoms with Gasteiger partial charge in [0.1, 0.15) is 11.6 Å². The van der Waals surface area contributed by atoms with E-state index in [0.717, 1.165) is 6.42 Å². The second kappa shape index (κ2) is 9.41. The highest BCUT2D eigenvalue weighted by atomic mass is 19.1. The van der Waals surface area contributed by atoms with Crippen LogP contribution in [0.5, 0.6) is 5.75 Å². The van der Waals surface area contributed by atoms with Gasteiger partial charge in [-0.05, 0) is 24.6 Å². The number of hydrogen-bond acceptors (Lipinski definition) is 2. The van der Waals surface area contributed by atoms with Crippen molar-refractivity contribution in [1.82, 2.24) is 0 Å². The normalized spacial score (nSPS) is 9.84. The Hall–Kier alpha value is -1.53. The van der Waals surface area contributed by atoms with E-state index in [9.17, 15) is 4.39 Å². The molecule has 3 heteroatoms. The quantitative estimate of drug-likeness (QED) is 0.604. The summed E-state index contributed by atoms with van der Waals surface area (Å²) in [4.78, 5) is 0. The minimum Gasteiger partial charge on any atom is -0.492 e. The Labute approximate surface area is 115 Å². The maximum Gasteiger partial charge on any atom is 0.135 e. The molecular weight excluding hydrogens is 241 g/mol. The fraction of sp³-hybridized carbons (Fsp3) is 0.500. The second-order valence-electron chi connectivity index (χ2n) is 4.41. The monoisotopic (exact) mass is 263 g/mol. The zero-order chi connectivity index (χ0) is 13.9. The van der Waals surface area contributed by atoms with Crippen LogP contribution < -0.4 is 10.5 Å². The van der Waals surface area contributed by atoms with Gasteiger partial charge >= 0.3 is 0 Å².